The zero-order valence-corrected chi connectivity index (χ0v) is 17.5. The lowest BCUT2D eigenvalue weighted by molar-refractivity contribution is -0.122. The standard InChI is InChI=1S/C22H25N5O4/c1-23-18-11-24-9-3-4-14(18)7-8-22(20(29)25-21(30)26-22)13-27-12-15-5-6-16(31-2)10-17(15)19(27)28/h5-8,10-11,23H,3-4,9,12-13H2,1-2H3,(H2,25,26,29,30)/b8-7+/t22-/m1/s1. The molecule has 3 N–H and O–H groups in total. The number of ether oxygens (including phenoxy) is 1. The van der Waals surface area contributed by atoms with Crippen LogP contribution in [0.2, 0.25) is 0 Å². The second-order valence-electron chi connectivity index (χ2n) is 7.72. The maximum Gasteiger partial charge on any atom is 0.322 e. The van der Waals surface area contributed by atoms with Crippen LogP contribution in [0.15, 0.2) is 46.6 Å². The number of urea groups is 1. The molecule has 1 fully saturated rings. The Hall–Kier alpha value is -3.62. The molecule has 3 heterocycles. The molecule has 31 heavy (non-hydrogen) atoms. The molecule has 0 saturated carbocycles. The Morgan fingerprint density at radius 1 is 1.32 bits per heavy atom. The molecule has 0 spiro atoms. The van der Waals surface area contributed by atoms with Gasteiger partial charge in [0.15, 0.2) is 5.54 Å². The fraction of sp³-hybridized carbons (Fsp3) is 0.364. The van der Waals surface area contributed by atoms with Gasteiger partial charge >= 0.3 is 6.03 Å². The average molecular weight is 423 g/mol. The van der Waals surface area contributed by atoms with Crippen LogP contribution in [-0.2, 0) is 11.3 Å². The van der Waals surface area contributed by atoms with Crippen molar-refractivity contribution < 1.29 is 19.1 Å². The van der Waals surface area contributed by atoms with E-state index in [1.807, 2.05) is 19.2 Å². The van der Waals surface area contributed by atoms with Crippen molar-refractivity contribution in [3.63, 3.8) is 0 Å². The van der Waals surface area contributed by atoms with E-state index in [0.717, 1.165) is 36.2 Å². The number of rotatable bonds is 6. The highest BCUT2D eigenvalue weighted by atomic mass is 16.5. The molecule has 0 unspecified atom stereocenters. The largest absolute Gasteiger partial charge is 0.497 e. The summed E-state index contributed by atoms with van der Waals surface area (Å²) < 4.78 is 5.22. The van der Waals surface area contributed by atoms with Gasteiger partial charge in [-0.05, 0) is 42.2 Å². The highest BCUT2D eigenvalue weighted by Crippen LogP contribution is 2.29. The summed E-state index contributed by atoms with van der Waals surface area (Å²) >= 11 is 0. The van der Waals surface area contributed by atoms with Crippen LogP contribution in [0.3, 0.4) is 0 Å². The van der Waals surface area contributed by atoms with Crippen LogP contribution < -0.4 is 20.7 Å². The number of allylic oxidation sites excluding steroid dienone is 3. The first-order chi connectivity index (χ1) is 15.0. The molecule has 0 aromatic heterocycles. The van der Waals surface area contributed by atoms with Gasteiger partial charge in [0.25, 0.3) is 11.8 Å². The monoisotopic (exact) mass is 423 g/mol. The summed E-state index contributed by atoms with van der Waals surface area (Å²) in [6.45, 7) is 1.11. The van der Waals surface area contributed by atoms with Crippen molar-refractivity contribution in [2.45, 2.75) is 24.9 Å². The van der Waals surface area contributed by atoms with Crippen LogP contribution in [0.5, 0.6) is 5.75 Å². The summed E-state index contributed by atoms with van der Waals surface area (Å²) in [7, 11) is 3.36. The van der Waals surface area contributed by atoms with Crippen LogP contribution >= 0.6 is 0 Å². The molecule has 1 atom stereocenters. The number of nitrogens with zero attached hydrogens (tertiary/aromatic N) is 2. The van der Waals surface area contributed by atoms with Gasteiger partial charge < -0.3 is 20.3 Å². The number of carbonyl (C=O) groups is 3. The van der Waals surface area contributed by atoms with Crippen molar-refractivity contribution in [2.75, 3.05) is 27.2 Å². The third-order valence-electron chi connectivity index (χ3n) is 5.74. The lowest BCUT2D eigenvalue weighted by Crippen LogP contribution is -2.54. The Bertz CT molecular complexity index is 1030. The van der Waals surface area contributed by atoms with Crippen LogP contribution in [0, 0.1) is 0 Å². The molecule has 0 aliphatic carbocycles. The fourth-order valence-corrected chi connectivity index (χ4v) is 4.06. The van der Waals surface area contributed by atoms with E-state index in [1.54, 1.807) is 36.4 Å². The number of fused-ring (bicyclic) bond motifs is 1. The fourth-order valence-electron chi connectivity index (χ4n) is 4.06. The quantitative estimate of drug-likeness (QED) is 0.594. The SMILES string of the molecule is CNC1=C(/C=C/[C@]2(CN3Cc4ccc(OC)cc4C3=O)NC(=O)NC2=O)CCCN=C1. The Morgan fingerprint density at radius 3 is 2.87 bits per heavy atom. The summed E-state index contributed by atoms with van der Waals surface area (Å²) in [5.41, 5.74) is 1.90. The Balaban J connectivity index is 1.63. The van der Waals surface area contributed by atoms with E-state index in [4.69, 9.17) is 4.74 Å². The molecule has 4 amide bonds. The molecule has 1 aromatic rings. The number of imide groups is 1. The molecule has 162 valence electrons. The van der Waals surface area contributed by atoms with Gasteiger partial charge in [0.05, 0.1) is 19.4 Å². The van der Waals surface area contributed by atoms with Crippen LogP contribution in [0.4, 0.5) is 4.79 Å². The highest BCUT2D eigenvalue weighted by Gasteiger charge is 2.47. The van der Waals surface area contributed by atoms with Crippen molar-refractivity contribution >= 4 is 24.1 Å². The van der Waals surface area contributed by atoms with E-state index in [2.05, 4.69) is 20.9 Å². The molecule has 3 aliphatic rings. The van der Waals surface area contributed by atoms with Crippen LogP contribution in [0.25, 0.3) is 0 Å². The highest BCUT2D eigenvalue weighted by molar-refractivity contribution is 6.09. The number of benzene rings is 1. The summed E-state index contributed by atoms with van der Waals surface area (Å²) in [5, 5.41) is 8.14. The van der Waals surface area contributed by atoms with Crippen LogP contribution in [-0.4, -0.2) is 61.7 Å². The number of methoxy groups -OCH3 is 1. The molecule has 1 saturated heterocycles. The second-order valence-corrected chi connectivity index (χ2v) is 7.72. The Morgan fingerprint density at radius 2 is 2.16 bits per heavy atom. The van der Waals surface area contributed by atoms with Gasteiger partial charge in [-0.3, -0.25) is 19.9 Å². The first-order valence-corrected chi connectivity index (χ1v) is 10.2. The second kappa shape index (κ2) is 8.25. The van der Waals surface area contributed by atoms with Gasteiger partial charge in [-0.2, -0.15) is 0 Å². The molecule has 9 nitrogen and oxygen atoms in total. The lowest BCUT2D eigenvalue weighted by atomic mass is 9.95. The molecule has 0 radical (unpaired) electrons. The average Bonchev–Trinajstić information content (AvgIpc) is 3.09. The maximum atomic E-state index is 13.0. The molecule has 1 aromatic carbocycles. The summed E-state index contributed by atoms with van der Waals surface area (Å²) in [5.74, 6) is -0.0895. The molecule has 4 rings (SSSR count). The van der Waals surface area contributed by atoms with Crippen molar-refractivity contribution in [1.29, 1.82) is 0 Å². The van der Waals surface area contributed by atoms with Gasteiger partial charge in [-0.25, -0.2) is 4.79 Å². The minimum atomic E-state index is -1.35. The number of nitrogens with one attached hydrogen (secondary N) is 3. The van der Waals surface area contributed by atoms with Crippen molar-refractivity contribution in [3.8, 4) is 5.75 Å². The zero-order valence-electron chi connectivity index (χ0n) is 17.5. The van der Waals surface area contributed by atoms with E-state index >= 15 is 0 Å². The molecule has 3 aliphatic heterocycles. The normalized spacial score (nSPS) is 23.2. The van der Waals surface area contributed by atoms with Gasteiger partial charge in [0.1, 0.15) is 5.75 Å². The molecular weight excluding hydrogens is 398 g/mol. The van der Waals surface area contributed by atoms with E-state index in [1.165, 1.54) is 0 Å². The zero-order chi connectivity index (χ0) is 22.0. The van der Waals surface area contributed by atoms with Crippen molar-refractivity contribution in [3.05, 3.63) is 52.7 Å². The predicted molar refractivity (Wildman–Crippen MR) is 115 cm³/mol. The van der Waals surface area contributed by atoms with Gasteiger partial charge in [0, 0.05) is 31.9 Å². The number of carbonyl (C=O) groups excluding carboxylic acids is 3. The van der Waals surface area contributed by atoms with E-state index in [0.29, 0.717) is 17.9 Å². The minimum Gasteiger partial charge on any atom is -0.497 e. The van der Waals surface area contributed by atoms with Gasteiger partial charge in [0.2, 0.25) is 0 Å². The first kappa shape index (κ1) is 20.6. The summed E-state index contributed by atoms with van der Waals surface area (Å²) in [6.07, 6.45) is 6.96. The number of hydrogen-bond donors (Lipinski definition) is 3. The number of aliphatic imine (C=N–C) groups is 1. The molecule has 0 bridgehead atoms. The minimum absolute atomic E-state index is 0.0210. The van der Waals surface area contributed by atoms with E-state index in [9.17, 15) is 14.4 Å². The molecule has 9 heteroatoms. The van der Waals surface area contributed by atoms with Crippen molar-refractivity contribution in [2.24, 2.45) is 4.99 Å². The van der Waals surface area contributed by atoms with E-state index in [-0.39, 0.29) is 12.5 Å². The summed E-state index contributed by atoms with van der Waals surface area (Å²) in [6, 6.07) is 4.76. The van der Waals surface area contributed by atoms with Gasteiger partial charge in [-0.1, -0.05) is 12.1 Å². The predicted octanol–water partition coefficient (Wildman–Crippen LogP) is 1.12. The van der Waals surface area contributed by atoms with Crippen LogP contribution in [0.1, 0.15) is 28.8 Å². The maximum absolute atomic E-state index is 13.0. The van der Waals surface area contributed by atoms with Gasteiger partial charge in [-0.15, -0.1) is 0 Å². The topological polar surface area (TPSA) is 112 Å². The Kier molecular flexibility index (Phi) is 5.50. The first-order valence-electron chi connectivity index (χ1n) is 10.2. The summed E-state index contributed by atoms with van der Waals surface area (Å²) in [4.78, 5) is 43.7. The third-order valence-corrected chi connectivity index (χ3v) is 5.74. The third kappa shape index (κ3) is 3.90. The van der Waals surface area contributed by atoms with E-state index < -0.39 is 17.5 Å². The molecular formula is C22H25N5O4. The smallest absolute Gasteiger partial charge is 0.322 e. The van der Waals surface area contributed by atoms with Crippen molar-refractivity contribution in [1.82, 2.24) is 20.9 Å². The Labute approximate surface area is 180 Å². The lowest BCUT2D eigenvalue weighted by Gasteiger charge is -2.28. The number of hydrogen-bond acceptors (Lipinski definition) is 6. The number of amides is 4.